The van der Waals surface area contributed by atoms with Gasteiger partial charge >= 0.3 is 0 Å². The van der Waals surface area contributed by atoms with Crippen LogP contribution >= 0.6 is 0 Å². The first-order valence-corrected chi connectivity index (χ1v) is 0. The van der Waals surface area contributed by atoms with Gasteiger partial charge in [-0.3, -0.25) is 28.2 Å². The molecule has 0 rings (SSSR count). The first-order valence-electron chi connectivity index (χ1n) is 0. The Bertz CT molecular complexity index is 8.49. The van der Waals surface area contributed by atoms with Crippen LogP contribution < -0.4 is 6.15 Å². The molecule has 0 atom stereocenters. The van der Waals surface area contributed by atoms with Gasteiger partial charge in [0.1, 0.15) is 0 Å². The molecule has 0 aliphatic carbocycles. The molecule has 0 aliphatic rings. The predicted molar refractivity (Wildman–Crippen MR) is 28.5 cm³/mol. The highest BCUT2D eigenvalue weighted by atomic mass is 28.1. The molecule has 0 saturated carbocycles. The lowest BCUT2D eigenvalue weighted by Crippen LogP contribution is -0.481. The molecule has 8 heteroatoms. The van der Waals surface area contributed by atoms with E-state index in [9.17, 15) is 0 Å². The highest BCUT2D eigenvalue weighted by molar-refractivity contribution is 5.75. The third-order valence-corrected chi connectivity index (χ3v) is 0. The minimum atomic E-state index is 0. The van der Waals surface area contributed by atoms with Crippen molar-refractivity contribution in [1.82, 2.24) is 6.15 Å². The van der Waals surface area contributed by atoms with E-state index in [0.717, 1.165) is 0 Å². The second-order valence-corrected chi connectivity index (χ2v) is 0. The maximum Gasteiger partial charge on any atom is 0 e. The minimum absolute atomic E-state index is 0. The van der Waals surface area contributed by atoms with E-state index >= 15 is 0 Å². The van der Waals surface area contributed by atoms with Crippen molar-refractivity contribution in [3.05, 3.63) is 0 Å². The van der Waals surface area contributed by atoms with Gasteiger partial charge in [-0.2, -0.15) is 0 Å². The average molecular weight is 166 g/mol. The molecule has 0 aromatic heterocycles. The van der Waals surface area contributed by atoms with Gasteiger partial charge in [-0.05, 0) is 11.0 Å². The zero-order valence-electron chi connectivity index (χ0n) is 2.90. The second kappa shape index (κ2) is 3790. The van der Waals surface area contributed by atoms with Crippen LogP contribution in [0.15, 0.2) is 0 Å². The van der Waals surface area contributed by atoms with Gasteiger partial charge in [-0.15, -0.1) is 0 Å². The van der Waals surface area contributed by atoms with Crippen molar-refractivity contribution >= 4 is 11.0 Å². The van der Waals surface area contributed by atoms with Crippen molar-refractivity contribution in [2.75, 3.05) is 0 Å². The van der Waals surface area contributed by atoms with Crippen LogP contribution in [-0.2, 0) is 0 Å². The lowest BCUT2D eigenvalue weighted by Gasteiger charge is -0.270. The van der Waals surface area contributed by atoms with Crippen LogP contribution in [0.4, 0.5) is 28.2 Å². The van der Waals surface area contributed by atoms with Gasteiger partial charge in [0.25, 0.3) is 0 Å². The number of hydrogen-bond donors (Lipinski definition) is 0. The van der Waals surface area contributed by atoms with Crippen LogP contribution in [-0.4, -0.2) is 11.0 Å². The van der Waals surface area contributed by atoms with E-state index in [1.54, 1.807) is 0 Å². The normalized spacial score (nSPS) is 0. The molecule has 0 fully saturated rings. The van der Waals surface area contributed by atoms with Crippen LogP contribution in [0.3, 0.4) is 0 Å². The van der Waals surface area contributed by atoms with Gasteiger partial charge in [-0.25, -0.2) is 0 Å². The van der Waals surface area contributed by atoms with Crippen molar-refractivity contribution in [3.63, 3.8) is 0 Å². The molecule has 0 bridgehead atoms. The van der Waals surface area contributed by atoms with Gasteiger partial charge in [-0.1, -0.05) is 0 Å². The summed E-state index contributed by atoms with van der Waals surface area (Å²) in [5.41, 5.74) is 0. The van der Waals surface area contributed by atoms with Gasteiger partial charge in [0, 0.05) is 6.15 Å². The van der Waals surface area contributed by atoms with Crippen LogP contribution in [0, 0.1) is 0 Å². The highest BCUT2D eigenvalue weighted by Crippen LogP contribution is 0.425. The molecule has 0 spiro atoms. The molecule has 0 amide bonds. The molecule has 8 heavy (non-hydrogen) atoms. The van der Waals surface area contributed by atoms with Crippen molar-refractivity contribution in [2.24, 2.45) is 0 Å². The molecule has 61 valence electrons. The predicted octanol–water partition coefficient (Wildman–Crippen LogP) is -1.02. The van der Waals surface area contributed by atoms with Crippen molar-refractivity contribution < 1.29 is 28.2 Å². The number of hydrogen-bond acceptors (Lipinski definition) is 0. The summed E-state index contributed by atoms with van der Waals surface area (Å²) in [7, 11) is 0. The van der Waals surface area contributed by atoms with Crippen molar-refractivity contribution in [2.45, 2.75) is 0 Å². The van der Waals surface area contributed by atoms with E-state index in [1.807, 2.05) is 0 Å². The summed E-state index contributed by atoms with van der Waals surface area (Å²) >= 11 is 0. The van der Waals surface area contributed by atoms with E-state index in [2.05, 4.69) is 0 Å². The molecule has 0 aromatic carbocycles. The molecule has 0 aliphatic heterocycles. The van der Waals surface area contributed by atoms with E-state index in [4.69, 9.17) is 0 Å². The molecule has 0 saturated heterocycles. The maximum absolute atomic E-state index is 0. The Morgan fingerprint density at radius 3 is 0.375 bits per heavy atom. The second-order valence-electron chi connectivity index (χ2n) is 0. The SMILES string of the molecule is F.F.F.F.F.F.[N].[SiH4]. The van der Waals surface area contributed by atoms with Gasteiger partial charge in [0.2, 0.25) is 0 Å². The first kappa shape index (κ1) is 5990. The van der Waals surface area contributed by atoms with E-state index in [-0.39, 0.29) is 45.3 Å². The molecule has 0 N–H and O–H groups in total. The Morgan fingerprint density at radius 1 is 0.375 bits per heavy atom. The Hall–Kier alpha value is -0.243. The van der Waals surface area contributed by atoms with Crippen LogP contribution in [0.1, 0.15) is 0 Å². The van der Waals surface area contributed by atoms with Crippen molar-refractivity contribution in [1.29, 1.82) is 0 Å². The molecule has 1 nitrogen and oxygen atoms in total. The Kier molecular flexibility index (Phi) is 2840000. The molecule has 0 unspecified atom stereocenters. The van der Waals surface area contributed by atoms with E-state index in [1.165, 1.54) is 0 Å². The lowest BCUT2D eigenvalue weighted by molar-refractivity contribution is 1.11. The topological polar surface area (TPSA) is 30.5 Å². The third kappa shape index (κ3) is 2200. The fraction of sp³-hybridized carbons (Fsp3) is 0. The molecule has 0 heterocycles. The molecule has 0 aromatic rings. The summed E-state index contributed by atoms with van der Waals surface area (Å²) < 4.78 is 0. The average Bonchev–Trinajstić information content (AvgIpc) is 0. The monoisotopic (exact) mass is 166 g/mol. The quantitative estimate of drug-likeness (QED) is 0.326. The number of nitrogens with zero attached hydrogens (tertiary/aromatic N) is 1. The number of halogens is 6. The summed E-state index contributed by atoms with van der Waals surface area (Å²) in [6, 6.07) is 0. The fourth-order valence-corrected chi connectivity index (χ4v) is 0. The largest absolute Gasteiger partial charge is 0.269 e. The summed E-state index contributed by atoms with van der Waals surface area (Å²) in [6.45, 7) is 0. The molecular formula is H10F6NSi. The van der Waals surface area contributed by atoms with E-state index in [0.29, 0.717) is 0 Å². The molecular weight excluding hydrogens is 156 g/mol. The van der Waals surface area contributed by atoms with Gasteiger partial charge in [0.15, 0.2) is 0 Å². The third-order valence-electron chi connectivity index (χ3n) is 0. The fourth-order valence-electron chi connectivity index (χ4n) is 0. The van der Waals surface area contributed by atoms with Gasteiger partial charge < -0.3 is 0 Å². The van der Waals surface area contributed by atoms with Gasteiger partial charge in [0.05, 0.1) is 0 Å². The Labute approximate surface area is 46.6 Å². The van der Waals surface area contributed by atoms with Crippen LogP contribution in [0.2, 0.25) is 0 Å². The first-order chi connectivity index (χ1) is 0. The van der Waals surface area contributed by atoms with Crippen molar-refractivity contribution in [3.8, 4) is 0 Å². The zero-order valence-corrected chi connectivity index (χ0v) is 2.90. The standard InChI is InChI=1S/6FH.N.H4Si/h6*1H;;1H4. The summed E-state index contributed by atoms with van der Waals surface area (Å²) in [5, 5.41) is 0. The highest BCUT2D eigenvalue weighted by Gasteiger charge is 0.0000928. The van der Waals surface area contributed by atoms with E-state index < -0.39 is 0 Å². The lowest BCUT2D eigenvalue weighted by atomic mass is 14.0. The van der Waals surface area contributed by atoms with Crippen LogP contribution in [0.25, 0.3) is 0 Å². The Balaban J connectivity index is 0. The molecule has 3 radical (unpaired) electrons. The van der Waals surface area contributed by atoms with Crippen LogP contribution in [0.5, 0.6) is 0 Å². The summed E-state index contributed by atoms with van der Waals surface area (Å²) in [5.74, 6) is 0. The number of rotatable bonds is 0. The zero-order chi connectivity index (χ0) is 0. The Morgan fingerprint density at radius 2 is 0.375 bits per heavy atom. The smallest absolute Gasteiger partial charge is 0 e. The summed E-state index contributed by atoms with van der Waals surface area (Å²) in [6.07, 6.45) is 0. The summed E-state index contributed by atoms with van der Waals surface area (Å²) in [4.78, 5) is 0. The maximum atomic E-state index is 0. The minimum Gasteiger partial charge on any atom is -0.269 e.